The Morgan fingerprint density at radius 3 is 2.77 bits per heavy atom. The minimum absolute atomic E-state index is 0.636. The normalized spacial score (nSPS) is 13.8. The van der Waals surface area contributed by atoms with Crippen molar-refractivity contribution < 1.29 is 4.74 Å². The molecule has 1 aliphatic rings. The maximum atomic E-state index is 6.06. The van der Waals surface area contributed by atoms with Gasteiger partial charge >= 0.3 is 0 Å². The van der Waals surface area contributed by atoms with Crippen LogP contribution in [0.5, 0.6) is 5.75 Å². The van der Waals surface area contributed by atoms with Crippen LogP contribution in [0, 0.1) is 13.8 Å². The molecule has 0 amide bonds. The molecule has 152 valence electrons. The Balaban J connectivity index is 1.51. The van der Waals surface area contributed by atoms with Crippen LogP contribution in [0.3, 0.4) is 0 Å². The van der Waals surface area contributed by atoms with E-state index in [0.29, 0.717) is 6.61 Å². The molecule has 2 aromatic carbocycles. The number of anilines is 1. The third-order valence-corrected chi connectivity index (χ3v) is 5.77. The number of hydrogen-bond acceptors (Lipinski definition) is 5. The molecular formula is C24H25N5O. The highest BCUT2D eigenvalue weighted by Crippen LogP contribution is 2.32. The van der Waals surface area contributed by atoms with E-state index >= 15 is 0 Å². The highest BCUT2D eigenvalue weighted by atomic mass is 16.5. The standard InChI is InChI=1S/C24H25N5O/c1-4-20-15(2)24(26-14-25-20)29-9-10-30-23-8-6-17(11-19(23)13-29)18-5-7-21-22(12-18)28-16(3)27-21/h5-8,11-12,14H,4,9-10,13H2,1-3H3,(H,27,28). The molecule has 0 radical (unpaired) electrons. The zero-order valence-electron chi connectivity index (χ0n) is 17.6. The smallest absolute Gasteiger partial charge is 0.135 e. The van der Waals surface area contributed by atoms with E-state index in [9.17, 15) is 0 Å². The Hall–Kier alpha value is -3.41. The average Bonchev–Trinajstić information content (AvgIpc) is 2.99. The fourth-order valence-electron chi connectivity index (χ4n) is 4.22. The van der Waals surface area contributed by atoms with Crippen molar-refractivity contribution in [1.29, 1.82) is 0 Å². The molecule has 2 aromatic heterocycles. The molecule has 5 rings (SSSR count). The van der Waals surface area contributed by atoms with Gasteiger partial charge in [-0.05, 0) is 55.7 Å². The van der Waals surface area contributed by atoms with Gasteiger partial charge in [0.1, 0.15) is 30.3 Å². The molecule has 30 heavy (non-hydrogen) atoms. The second-order valence-corrected chi connectivity index (χ2v) is 7.77. The van der Waals surface area contributed by atoms with Crippen molar-refractivity contribution in [2.75, 3.05) is 18.1 Å². The van der Waals surface area contributed by atoms with Gasteiger partial charge in [0.2, 0.25) is 0 Å². The maximum Gasteiger partial charge on any atom is 0.135 e. The minimum atomic E-state index is 0.636. The number of aromatic nitrogens is 4. The highest BCUT2D eigenvalue weighted by Gasteiger charge is 2.20. The molecule has 0 aliphatic carbocycles. The fourth-order valence-corrected chi connectivity index (χ4v) is 4.22. The zero-order valence-corrected chi connectivity index (χ0v) is 17.6. The van der Waals surface area contributed by atoms with Gasteiger partial charge in [-0.3, -0.25) is 0 Å². The van der Waals surface area contributed by atoms with Crippen molar-refractivity contribution in [1.82, 2.24) is 19.9 Å². The van der Waals surface area contributed by atoms with E-state index in [1.54, 1.807) is 6.33 Å². The molecule has 3 heterocycles. The number of imidazole rings is 1. The number of rotatable bonds is 3. The molecule has 0 unspecified atom stereocenters. The summed E-state index contributed by atoms with van der Waals surface area (Å²) >= 11 is 0. The van der Waals surface area contributed by atoms with Crippen molar-refractivity contribution in [3.05, 3.63) is 65.4 Å². The summed E-state index contributed by atoms with van der Waals surface area (Å²) in [6.45, 7) is 8.41. The van der Waals surface area contributed by atoms with Gasteiger partial charge < -0.3 is 14.6 Å². The Morgan fingerprint density at radius 1 is 1.07 bits per heavy atom. The summed E-state index contributed by atoms with van der Waals surface area (Å²) in [5.74, 6) is 2.87. The third-order valence-electron chi connectivity index (χ3n) is 5.77. The van der Waals surface area contributed by atoms with E-state index in [1.807, 2.05) is 6.92 Å². The van der Waals surface area contributed by atoms with Gasteiger partial charge in [0, 0.05) is 23.4 Å². The molecular weight excluding hydrogens is 374 g/mol. The average molecular weight is 399 g/mol. The van der Waals surface area contributed by atoms with Crippen LogP contribution >= 0.6 is 0 Å². The van der Waals surface area contributed by atoms with Crippen LogP contribution in [-0.2, 0) is 13.0 Å². The molecule has 4 aromatic rings. The molecule has 1 aliphatic heterocycles. The Labute approximate surface area is 176 Å². The summed E-state index contributed by atoms with van der Waals surface area (Å²) in [6.07, 6.45) is 2.58. The van der Waals surface area contributed by atoms with E-state index < -0.39 is 0 Å². The molecule has 6 nitrogen and oxygen atoms in total. The number of benzene rings is 2. The molecule has 0 fully saturated rings. The van der Waals surface area contributed by atoms with E-state index in [0.717, 1.165) is 64.8 Å². The second kappa shape index (κ2) is 7.44. The van der Waals surface area contributed by atoms with Gasteiger partial charge in [0.05, 0.1) is 17.6 Å². The zero-order chi connectivity index (χ0) is 20.7. The Morgan fingerprint density at radius 2 is 1.90 bits per heavy atom. The number of nitrogens with one attached hydrogen (secondary N) is 1. The number of H-pyrrole nitrogens is 1. The summed E-state index contributed by atoms with van der Waals surface area (Å²) in [4.78, 5) is 19.1. The van der Waals surface area contributed by atoms with Gasteiger partial charge in [0.15, 0.2) is 0 Å². The van der Waals surface area contributed by atoms with Crippen LogP contribution in [0.25, 0.3) is 22.2 Å². The third kappa shape index (κ3) is 3.28. The predicted molar refractivity (Wildman–Crippen MR) is 119 cm³/mol. The molecule has 1 N–H and O–H groups in total. The van der Waals surface area contributed by atoms with Crippen LogP contribution in [-0.4, -0.2) is 33.1 Å². The summed E-state index contributed by atoms with van der Waals surface area (Å²) in [5, 5.41) is 0. The van der Waals surface area contributed by atoms with E-state index in [-0.39, 0.29) is 0 Å². The first kappa shape index (κ1) is 18.6. The number of ether oxygens (including phenoxy) is 1. The lowest BCUT2D eigenvalue weighted by Crippen LogP contribution is -2.27. The lowest BCUT2D eigenvalue weighted by molar-refractivity contribution is 0.331. The lowest BCUT2D eigenvalue weighted by Gasteiger charge is -2.23. The van der Waals surface area contributed by atoms with Crippen LogP contribution in [0.1, 0.15) is 29.6 Å². The van der Waals surface area contributed by atoms with E-state index in [4.69, 9.17) is 4.74 Å². The molecule has 6 heteroatoms. The van der Waals surface area contributed by atoms with E-state index in [1.165, 1.54) is 11.1 Å². The van der Waals surface area contributed by atoms with Crippen molar-refractivity contribution in [3.63, 3.8) is 0 Å². The van der Waals surface area contributed by atoms with Crippen LogP contribution < -0.4 is 9.64 Å². The minimum Gasteiger partial charge on any atom is -0.491 e. The summed E-state index contributed by atoms with van der Waals surface area (Å²) in [6, 6.07) is 12.8. The molecule has 0 spiro atoms. The molecule has 0 bridgehead atoms. The van der Waals surface area contributed by atoms with Crippen molar-refractivity contribution in [2.24, 2.45) is 0 Å². The van der Waals surface area contributed by atoms with Gasteiger partial charge in [-0.2, -0.15) is 0 Å². The monoisotopic (exact) mass is 399 g/mol. The van der Waals surface area contributed by atoms with Crippen LogP contribution in [0.2, 0.25) is 0 Å². The highest BCUT2D eigenvalue weighted by molar-refractivity contribution is 5.82. The van der Waals surface area contributed by atoms with Gasteiger partial charge in [-0.25, -0.2) is 15.0 Å². The summed E-state index contributed by atoms with van der Waals surface area (Å²) in [7, 11) is 0. The second-order valence-electron chi connectivity index (χ2n) is 7.77. The number of nitrogens with zero attached hydrogens (tertiary/aromatic N) is 4. The number of aromatic amines is 1. The lowest BCUT2D eigenvalue weighted by atomic mass is 10.0. The number of aryl methyl sites for hydroxylation is 2. The SMILES string of the molecule is CCc1ncnc(N2CCOc3ccc(-c4ccc5nc(C)[nH]c5c4)cc3C2)c1C. The van der Waals surface area contributed by atoms with Gasteiger partial charge in [-0.15, -0.1) is 0 Å². The molecule has 0 atom stereocenters. The first-order chi connectivity index (χ1) is 14.6. The molecule has 0 saturated heterocycles. The van der Waals surface area contributed by atoms with Crippen molar-refractivity contribution in [2.45, 2.75) is 33.7 Å². The topological polar surface area (TPSA) is 66.9 Å². The van der Waals surface area contributed by atoms with Gasteiger partial charge in [-0.1, -0.05) is 19.1 Å². The van der Waals surface area contributed by atoms with Crippen molar-refractivity contribution >= 4 is 16.9 Å². The summed E-state index contributed by atoms with van der Waals surface area (Å²) in [5.41, 5.74) is 7.80. The number of hydrogen-bond donors (Lipinski definition) is 1. The first-order valence-electron chi connectivity index (χ1n) is 10.4. The molecule has 0 saturated carbocycles. The van der Waals surface area contributed by atoms with Crippen LogP contribution in [0.15, 0.2) is 42.7 Å². The summed E-state index contributed by atoms with van der Waals surface area (Å²) < 4.78 is 6.06. The van der Waals surface area contributed by atoms with Crippen LogP contribution in [0.4, 0.5) is 5.82 Å². The Kier molecular flexibility index (Phi) is 4.62. The van der Waals surface area contributed by atoms with Crippen molar-refractivity contribution in [3.8, 4) is 16.9 Å². The fraction of sp³-hybridized carbons (Fsp3) is 0.292. The van der Waals surface area contributed by atoms with Gasteiger partial charge in [0.25, 0.3) is 0 Å². The number of fused-ring (bicyclic) bond motifs is 2. The first-order valence-corrected chi connectivity index (χ1v) is 10.4. The maximum absolute atomic E-state index is 6.06. The van der Waals surface area contributed by atoms with E-state index in [2.05, 4.69) is 75.1 Å². The predicted octanol–water partition coefficient (Wildman–Crippen LogP) is 4.60. The quantitative estimate of drug-likeness (QED) is 0.545. The Bertz CT molecular complexity index is 1230. The largest absolute Gasteiger partial charge is 0.491 e.